The molecule has 21 heavy (non-hydrogen) atoms. The maximum absolute atomic E-state index is 11.5. The number of hydrogen-bond donors (Lipinski definition) is 1. The first kappa shape index (κ1) is 12.9. The standard InChI is InChI=1S/C17H15ClN2O/c1-11-3-2-4-12(9-11)17(21)15-10-13(18)5-6-14(15)16-19-7-8-20(16)17/h2-6,9-10,21H,7-8H2,1H3. The van der Waals surface area contributed by atoms with Crippen molar-refractivity contribution in [1.29, 1.82) is 0 Å². The van der Waals surface area contributed by atoms with Crippen LogP contribution in [0.4, 0.5) is 0 Å². The fourth-order valence-corrected chi connectivity index (χ4v) is 3.48. The van der Waals surface area contributed by atoms with Gasteiger partial charge in [0, 0.05) is 28.3 Å². The van der Waals surface area contributed by atoms with Gasteiger partial charge in [0.05, 0.1) is 6.54 Å². The third-order valence-corrected chi connectivity index (χ3v) is 4.49. The molecule has 0 aromatic heterocycles. The SMILES string of the molecule is Cc1cccc(C2(O)c3cc(Cl)ccc3C3=NCCN32)c1. The molecule has 2 heterocycles. The van der Waals surface area contributed by atoms with Crippen LogP contribution in [0.5, 0.6) is 0 Å². The van der Waals surface area contributed by atoms with E-state index in [4.69, 9.17) is 11.6 Å². The van der Waals surface area contributed by atoms with E-state index in [0.29, 0.717) is 18.1 Å². The van der Waals surface area contributed by atoms with Gasteiger partial charge in [-0.05, 0) is 25.1 Å². The van der Waals surface area contributed by atoms with Crippen molar-refractivity contribution in [2.24, 2.45) is 4.99 Å². The van der Waals surface area contributed by atoms with Crippen molar-refractivity contribution < 1.29 is 5.11 Å². The summed E-state index contributed by atoms with van der Waals surface area (Å²) in [5.74, 6) is 0.866. The van der Waals surface area contributed by atoms with Gasteiger partial charge in [0.25, 0.3) is 0 Å². The summed E-state index contributed by atoms with van der Waals surface area (Å²) in [4.78, 5) is 6.53. The lowest BCUT2D eigenvalue weighted by Gasteiger charge is -2.34. The van der Waals surface area contributed by atoms with Crippen molar-refractivity contribution in [3.05, 3.63) is 69.7 Å². The smallest absolute Gasteiger partial charge is 0.193 e. The topological polar surface area (TPSA) is 35.8 Å². The van der Waals surface area contributed by atoms with Gasteiger partial charge < -0.3 is 10.0 Å². The highest BCUT2D eigenvalue weighted by Crippen LogP contribution is 2.44. The molecule has 0 fully saturated rings. The molecular formula is C17H15ClN2O. The van der Waals surface area contributed by atoms with E-state index in [0.717, 1.165) is 28.1 Å². The van der Waals surface area contributed by atoms with Crippen LogP contribution in [0.1, 0.15) is 22.3 Å². The van der Waals surface area contributed by atoms with Crippen LogP contribution in [0, 0.1) is 6.92 Å². The van der Waals surface area contributed by atoms with Crippen LogP contribution in [-0.2, 0) is 5.72 Å². The molecule has 4 rings (SSSR count). The highest BCUT2D eigenvalue weighted by molar-refractivity contribution is 6.30. The van der Waals surface area contributed by atoms with Gasteiger partial charge in [-0.25, -0.2) is 0 Å². The molecule has 4 heteroatoms. The van der Waals surface area contributed by atoms with Crippen LogP contribution in [0.3, 0.4) is 0 Å². The third kappa shape index (κ3) is 1.68. The summed E-state index contributed by atoms with van der Waals surface area (Å²) < 4.78 is 0. The molecule has 1 N–H and O–H groups in total. The Morgan fingerprint density at radius 3 is 2.90 bits per heavy atom. The van der Waals surface area contributed by atoms with E-state index in [2.05, 4.69) is 4.99 Å². The first-order chi connectivity index (χ1) is 10.1. The number of hydrogen-bond acceptors (Lipinski definition) is 3. The molecule has 0 saturated heterocycles. The number of aryl methyl sites for hydroxylation is 1. The van der Waals surface area contributed by atoms with E-state index in [9.17, 15) is 5.11 Å². The van der Waals surface area contributed by atoms with Crippen molar-refractivity contribution in [3.8, 4) is 0 Å². The molecule has 3 nitrogen and oxygen atoms in total. The Bertz CT molecular complexity index is 771. The summed E-state index contributed by atoms with van der Waals surface area (Å²) in [6.45, 7) is 3.46. The second-order valence-corrected chi connectivity index (χ2v) is 6.03. The second-order valence-electron chi connectivity index (χ2n) is 5.59. The summed E-state index contributed by atoms with van der Waals surface area (Å²) in [5.41, 5.74) is 2.59. The lowest BCUT2D eigenvalue weighted by molar-refractivity contribution is -0.0242. The van der Waals surface area contributed by atoms with E-state index in [1.165, 1.54) is 0 Å². The molecule has 0 amide bonds. The Kier molecular flexibility index (Phi) is 2.65. The summed E-state index contributed by atoms with van der Waals surface area (Å²) >= 11 is 6.16. The van der Waals surface area contributed by atoms with Crippen LogP contribution >= 0.6 is 11.6 Å². The first-order valence-corrected chi connectivity index (χ1v) is 7.40. The lowest BCUT2D eigenvalue weighted by atomic mass is 9.92. The molecule has 0 radical (unpaired) electrons. The van der Waals surface area contributed by atoms with Gasteiger partial charge in [-0.2, -0.15) is 0 Å². The van der Waals surface area contributed by atoms with E-state index < -0.39 is 5.72 Å². The zero-order chi connectivity index (χ0) is 14.6. The van der Waals surface area contributed by atoms with E-state index in [1.54, 1.807) is 0 Å². The third-order valence-electron chi connectivity index (χ3n) is 4.25. The lowest BCUT2D eigenvalue weighted by Crippen LogP contribution is -2.43. The van der Waals surface area contributed by atoms with Crippen molar-refractivity contribution in [2.45, 2.75) is 12.6 Å². The van der Waals surface area contributed by atoms with Gasteiger partial charge in [-0.1, -0.05) is 41.4 Å². The number of rotatable bonds is 1. The molecule has 0 bridgehead atoms. The van der Waals surface area contributed by atoms with Crippen LogP contribution in [-0.4, -0.2) is 28.9 Å². The summed E-state index contributed by atoms with van der Waals surface area (Å²) in [7, 11) is 0. The molecule has 106 valence electrons. The molecule has 2 aromatic carbocycles. The van der Waals surface area contributed by atoms with Gasteiger partial charge in [-0.3, -0.25) is 4.99 Å². The molecule has 2 aromatic rings. The predicted octanol–water partition coefficient (Wildman–Crippen LogP) is 2.92. The quantitative estimate of drug-likeness (QED) is 0.879. The summed E-state index contributed by atoms with van der Waals surface area (Å²) in [5, 5.41) is 12.1. The number of aliphatic hydroxyl groups is 1. The number of halogens is 1. The Labute approximate surface area is 128 Å². The van der Waals surface area contributed by atoms with Crippen LogP contribution in [0.25, 0.3) is 0 Å². The Balaban J connectivity index is 2.01. The zero-order valence-electron chi connectivity index (χ0n) is 11.7. The van der Waals surface area contributed by atoms with Crippen LogP contribution in [0.2, 0.25) is 5.02 Å². The van der Waals surface area contributed by atoms with Gasteiger partial charge in [0.2, 0.25) is 0 Å². The maximum atomic E-state index is 11.5. The largest absolute Gasteiger partial charge is 0.363 e. The van der Waals surface area contributed by atoms with Gasteiger partial charge in [-0.15, -0.1) is 0 Å². The second kappa shape index (κ2) is 4.33. The molecule has 0 spiro atoms. The number of aliphatic imine (C=N–C) groups is 1. The number of benzene rings is 2. The van der Waals surface area contributed by atoms with Gasteiger partial charge >= 0.3 is 0 Å². The molecule has 1 atom stereocenters. The minimum Gasteiger partial charge on any atom is -0.363 e. The number of amidine groups is 1. The fourth-order valence-electron chi connectivity index (χ4n) is 3.31. The van der Waals surface area contributed by atoms with Crippen LogP contribution in [0.15, 0.2) is 47.5 Å². The average Bonchev–Trinajstić information content (AvgIpc) is 3.03. The van der Waals surface area contributed by atoms with Gasteiger partial charge in [0.15, 0.2) is 5.72 Å². The molecule has 0 aliphatic carbocycles. The average molecular weight is 299 g/mol. The Morgan fingerprint density at radius 1 is 1.24 bits per heavy atom. The van der Waals surface area contributed by atoms with E-state index in [-0.39, 0.29) is 0 Å². The Morgan fingerprint density at radius 2 is 2.10 bits per heavy atom. The zero-order valence-corrected chi connectivity index (χ0v) is 12.4. The number of fused-ring (bicyclic) bond motifs is 3. The molecule has 0 saturated carbocycles. The van der Waals surface area contributed by atoms with Crippen molar-refractivity contribution in [1.82, 2.24) is 4.90 Å². The monoisotopic (exact) mass is 298 g/mol. The minimum absolute atomic E-state index is 0.626. The highest BCUT2D eigenvalue weighted by Gasteiger charge is 2.49. The van der Waals surface area contributed by atoms with Crippen molar-refractivity contribution in [2.75, 3.05) is 13.1 Å². The molecule has 1 unspecified atom stereocenters. The predicted molar refractivity (Wildman–Crippen MR) is 83.7 cm³/mol. The molecule has 2 aliphatic heterocycles. The van der Waals surface area contributed by atoms with Crippen LogP contribution < -0.4 is 0 Å². The van der Waals surface area contributed by atoms with Crippen molar-refractivity contribution in [3.63, 3.8) is 0 Å². The van der Waals surface area contributed by atoms with Crippen molar-refractivity contribution >= 4 is 17.4 Å². The minimum atomic E-state index is -1.18. The molecular weight excluding hydrogens is 284 g/mol. The van der Waals surface area contributed by atoms with Gasteiger partial charge in [0.1, 0.15) is 5.84 Å². The number of nitrogens with zero attached hydrogens (tertiary/aromatic N) is 2. The Hall–Kier alpha value is -1.84. The van der Waals surface area contributed by atoms with E-state index in [1.807, 2.05) is 54.3 Å². The first-order valence-electron chi connectivity index (χ1n) is 7.03. The van der Waals surface area contributed by atoms with E-state index >= 15 is 0 Å². The fraction of sp³-hybridized carbons (Fsp3) is 0.235. The highest BCUT2D eigenvalue weighted by atomic mass is 35.5. The maximum Gasteiger partial charge on any atom is 0.193 e. The normalized spacial score (nSPS) is 23.0. The summed E-state index contributed by atoms with van der Waals surface area (Å²) in [6.07, 6.45) is 0. The molecule has 2 aliphatic rings. The summed E-state index contributed by atoms with van der Waals surface area (Å²) in [6, 6.07) is 13.6.